The molecule has 0 radical (unpaired) electrons. The molecule has 0 aliphatic carbocycles. The van der Waals surface area contributed by atoms with Gasteiger partial charge >= 0.3 is 5.97 Å². The molecule has 3 rings (SSSR count). The van der Waals surface area contributed by atoms with Gasteiger partial charge in [-0.1, -0.05) is 6.07 Å². The largest absolute Gasteiger partial charge is 0.480 e. The number of nitrogens with zero attached hydrogens (tertiary/aromatic N) is 3. The first-order valence-corrected chi connectivity index (χ1v) is 6.59. The molecule has 0 saturated carbocycles. The van der Waals surface area contributed by atoms with Gasteiger partial charge in [-0.3, -0.25) is 18.9 Å². The summed E-state index contributed by atoms with van der Waals surface area (Å²) in [6.45, 7) is 1.13. The molecule has 6 heteroatoms. The van der Waals surface area contributed by atoms with Crippen molar-refractivity contribution in [1.29, 1.82) is 0 Å². The number of pyridine rings is 1. The maximum Gasteiger partial charge on any atom is 0.320 e. The standard InChI is InChI=1S/C14H15N3O3/c18-13-8-10(15-12-5-1-2-7-17(12)13)9-16-6-3-4-11(16)14(19)20/h1-2,5,7-8,11H,3-4,6,9H2,(H,19,20). The van der Waals surface area contributed by atoms with Crippen molar-refractivity contribution >= 4 is 11.6 Å². The van der Waals surface area contributed by atoms with Crippen LogP contribution in [0, 0.1) is 0 Å². The fourth-order valence-corrected chi connectivity index (χ4v) is 2.69. The van der Waals surface area contributed by atoms with E-state index in [2.05, 4.69) is 4.98 Å². The molecule has 20 heavy (non-hydrogen) atoms. The number of hydrogen-bond donors (Lipinski definition) is 1. The van der Waals surface area contributed by atoms with Crippen molar-refractivity contribution in [3.8, 4) is 0 Å². The first-order chi connectivity index (χ1) is 9.65. The van der Waals surface area contributed by atoms with Gasteiger partial charge in [-0.2, -0.15) is 0 Å². The normalized spacial score (nSPS) is 19.5. The third-order valence-electron chi connectivity index (χ3n) is 3.64. The van der Waals surface area contributed by atoms with E-state index in [4.69, 9.17) is 5.11 Å². The van der Waals surface area contributed by atoms with Crippen LogP contribution in [-0.4, -0.2) is 37.9 Å². The molecule has 104 valence electrons. The van der Waals surface area contributed by atoms with Crippen molar-refractivity contribution in [2.75, 3.05) is 6.54 Å². The average Bonchev–Trinajstić information content (AvgIpc) is 2.87. The van der Waals surface area contributed by atoms with E-state index < -0.39 is 12.0 Å². The molecular formula is C14H15N3O3. The topological polar surface area (TPSA) is 74.9 Å². The molecule has 1 aliphatic rings. The van der Waals surface area contributed by atoms with Crippen LogP contribution >= 0.6 is 0 Å². The molecule has 3 heterocycles. The Morgan fingerprint density at radius 1 is 1.45 bits per heavy atom. The van der Waals surface area contributed by atoms with E-state index in [-0.39, 0.29) is 5.56 Å². The molecule has 1 unspecified atom stereocenters. The fraction of sp³-hybridized carbons (Fsp3) is 0.357. The molecule has 0 spiro atoms. The van der Waals surface area contributed by atoms with Crippen molar-refractivity contribution in [3.05, 3.63) is 46.5 Å². The van der Waals surface area contributed by atoms with E-state index in [1.54, 1.807) is 18.3 Å². The summed E-state index contributed by atoms with van der Waals surface area (Å²) in [6.07, 6.45) is 3.19. The first-order valence-electron chi connectivity index (χ1n) is 6.59. The van der Waals surface area contributed by atoms with Gasteiger partial charge in [0.1, 0.15) is 11.7 Å². The summed E-state index contributed by atoms with van der Waals surface area (Å²) in [4.78, 5) is 29.4. The van der Waals surface area contributed by atoms with Crippen molar-refractivity contribution in [2.24, 2.45) is 0 Å². The number of fused-ring (bicyclic) bond motifs is 1. The number of rotatable bonds is 3. The molecule has 1 saturated heterocycles. The minimum absolute atomic E-state index is 0.142. The molecule has 0 aromatic carbocycles. The van der Waals surface area contributed by atoms with E-state index in [9.17, 15) is 9.59 Å². The van der Waals surface area contributed by atoms with Gasteiger partial charge in [0.2, 0.25) is 0 Å². The van der Waals surface area contributed by atoms with Crippen LogP contribution in [0.25, 0.3) is 5.65 Å². The number of aliphatic carboxylic acids is 1. The van der Waals surface area contributed by atoms with Crippen LogP contribution in [0.5, 0.6) is 0 Å². The van der Waals surface area contributed by atoms with Crippen LogP contribution in [0.2, 0.25) is 0 Å². The smallest absolute Gasteiger partial charge is 0.320 e. The molecule has 1 fully saturated rings. The third kappa shape index (κ3) is 2.30. The number of likely N-dealkylation sites (tertiary alicyclic amines) is 1. The van der Waals surface area contributed by atoms with Crippen LogP contribution in [0.3, 0.4) is 0 Å². The lowest BCUT2D eigenvalue weighted by Crippen LogP contribution is -2.36. The summed E-state index contributed by atoms with van der Waals surface area (Å²) < 4.78 is 1.47. The maximum absolute atomic E-state index is 12.0. The van der Waals surface area contributed by atoms with Crippen LogP contribution in [0.15, 0.2) is 35.3 Å². The highest BCUT2D eigenvalue weighted by molar-refractivity contribution is 5.73. The zero-order chi connectivity index (χ0) is 14.1. The van der Waals surface area contributed by atoms with E-state index in [1.165, 1.54) is 10.5 Å². The predicted octanol–water partition coefficient (Wildman–Crippen LogP) is 0.743. The van der Waals surface area contributed by atoms with Crippen molar-refractivity contribution in [2.45, 2.75) is 25.4 Å². The summed E-state index contributed by atoms with van der Waals surface area (Å²) in [5.74, 6) is -0.806. The van der Waals surface area contributed by atoms with Gasteiger partial charge in [-0.05, 0) is 31.5 Å². The number of aromatic nitrogens is 2. The van der Waals surface area contributed by atoms with Crippen molar-refractivity contribution < 1.29 is 9.90 Å². The number of hydrogen-bond acceptors (Lipinski definition) is 4. The molecular weight excluding hydrogens is 258 g/mol. The summed E-state index contributed by atoms with van der Waals surface area (Å²) >= 11 is 0. The fourth-order valence-electron chi connectivity index (χ4n) is 2.69. The summed E-state index contributed by atoms with van der Waals surface area (Å²) in [5.41, 5.74) is 1.06. The molecule has 1 atom stereocenters. The second-order valence-corrected chi connectivity index (χ2v) is 4.98. The van der Waals surface area contributed by atoms with Crippen LogP contribution < -0.4 is 5.56 Å². The maximum atomic E-state index is 12.0. The van der Waals surface area contributed by atoms with Crippen molar-refractivity contribution in [1.82, 2.24) is 14.3 Å². The highest BCUT2D eigenvalue weighted by Gasteiger charge is 2.30. The van der Waals surface area contributed by atoms with Gasteiger partial charge in [0.25, 0.3) is 5.56 Å². The van der Waals surface area contributed by atoms with Crippen molar-refractivity contribution in [3.63, 3.8) is 0 Å². The summed E-state index contributed by atoms with van der Waals surface area (Å²) in [6, 6.07) is 6.37. The monoisotopic (exact) mass is 273 g/mol. The third-order valence-corrected chi connectivity index (χ3v) is 3.64. The highest BCUT2D eigenvalue weighted by Crippen LogP contribution is 2.19. The van der Waals surface area contributed by atoms with E-state index in [1.807, 2.05) is 11.0 Å². The molecule has 1 N–H and O–H groups in total. The number of carboxylic acid groups (broad SMARTS) is 1. The summed E-state index contributed by atoms with van der Waals surface area (Å²) in [5, 5.41) is 9.16. The van der Waals surface area contributed by atoms with Gasteiger partial charge in [-0.25, -0.2) is 4.98 Å². The Morgan fingerprint density at radius 3 is 3.10 bits per heavy atom. The Kier molecular flexibility index (Phi) is 3.23. The van der Waals surface area contributed by atoms with Crippen LogP contribution in [0.4, 0.5) is 0 Å². The second-order valence-electron chi connectivity index (χ2n) is 4.98. The lowest BCUT2D eigenvalue weighted by Gasteiger charge is -2.20. The van der Waals surface area contributed by atoms with E-state index in [0.29, 0.717) is 24.3 Å². The molecule has 6 nitrogen and oxygen atoms in total. The Bertz CT molecular complexity index is 710. The lowest BCUT2D eigenvalue weighted by atomic mass is 10.2. The molecule has 1 aliphatic heterocycles. The van der Waals surface area contributed by atoms with Gasteiger partial charge < -0.3 is 5.11 Å². The Balaban J connectivity index is 1.91. The van der Waals surface area contributed by atoms with Gasteiger partial charge in [-0.15, -0.1) is 0 Å². The van der Waals surface area contributed by atoms with Gasteiger partial charge in [0, 0.05) is 18.8 Å². The minimum atomic E-state index is -0.806. The first kappa shape index (κ1) is 12.8. The zero-order valence-electron chi connectivity index (χ0n) is 10.9. The van der Waals surface area contributed by atoms with Gasteiger partial charge in [0.05, 0.1) is 5.69 Å². The zero-order valence-corrected chi connectivity index (χ0v) is 10.9. The Labute approximate surface area is 115 Å². The molecule has 2 aromatic rings. The second kappa shape index (κ2) is 5.05. The quantitative estimate of drug-likeness (QED) is 0.893. The average molecular weight is 273 g/mol. The Morgan fingerprint density at radius 2 is 2.30 bits per heavy atom. The number of carbonyl (C=O) groups is 1. The molecule has 0 amide bonds. The number of carboxylic acids is 1. The minimum Gasteiger partial charge on any atom is -0.480 e. The summed E-state index contributed by atoms with van der Waals surface area (Å²) in [7, 11) is 0. The van der Waals surface area contributed by atoms with E-state index in [0.717, 1.165) is 13.0 Å². The predicted molar refractivity (Wildman–Crippen MR) is 72.5 cm³/mol. The van der Waals surface area contributed by atoms with Gasteiger partial charge in [0.15, 0.2) is 0 Å². The molecule has 0 bridgehead atoms. The highest BCUT2D eigenvalue weighted by atomic mass is 16.4. The van der Waals surface area contributed by atoms with E-state index >= 15 is 0 Å². The van der Waals surface area contributed by atoms with Crippen LogP contribution in [-0.2, 0) is 11.3 Å². The lowest BCUT2D eigenvalue weighted by molar-refractivity contribution is -0.142. The Hall–Kier alpha value is -2.21. The molecule has 2 aromatic heterocycles. The SMILES string of the molecule is O=C(O)C1CCCN1Cc1cc(=O)n2ccccc2n1. The van der Waals surface area contributed by atoms with Crippen LogP contribution in [0.1, 0.15) is 18.5 Å².